The molecule has 1 aromatic rings. The molecule has 2 N–H and O–H groups in total. The fraction of sp³-hybridized carbons (Fsp3) is 0.529. The van der Waals surface area contributed by atoms with Crippen molar-refractivity contribution >= 4 is 23.4 Å². The second-order valence-electron chi connectivity index (χ2n) is 6.48. The van der Waals surface area contributed by atoms with Gasteiger partial charge in [-0.2, -0.15) is 0 Å². The molecule has 2 amide bonds. The lowest BCUT2D eigenvalue weighted by molar-refractivity contribution is -0.142. The first kappa shape index (κ1) is 18.1. The van der Waals surface area contributed by atoms with Crippen LogP contribution in [-0.4, -0.2) is 66.5 Å². The topological polar surface area (TPSA) is 75.9 Å². The van der Waals surface area contributed by atoms with Gasteiger partial charge in [0.05, 0.1) is 16.1 Å². The summed E-state index contributed by atoms with van der Waals surface area (Å²) < 4.78 is 18.4. The predicted molar refractivity (Wildman–Crippen MR) is 90.9 cm³/mol. The normalized spacial score (nSPS) is 20.4. The number of benzene rings is 1. The molecule has 0 atom stereocenters. The summed E-state index contributed by atoms with van der Waals surface area (Å²) in [5, 5.41) is 0.0895. The number of ether oxygens (including phenoxy) is 1. The Hall–Kier alpha value is -1.70. The highest BCUT2D eigenvalue weighted by atomic mass is 35.5. The first-order valence-electron chi connectivity index (χ1n) is 8.31. The molecular formula is C17H21ClFN3O3. The fourth-order valence-corrected chi connectivity index (χ4v) is 3.46. The zero-order chi connectivity index (χ0) is 18.0. The number of carbonyl (C=O) groups is 2. The molecule has 0 spiro atoms. The monoisotopic (exact) mass is 369 g/mol. The number of piperazine rings is 1. The van der Waals surface area contributed by atoms with Gasteiger partial charge < -0.3 is 20.3 Å². The molecule has 1 aromatic carbocycles. The molecule has 0 aromatic heterocycles. The lowest BCUT2D eigenvalue weighted by Gasteiger charge is -2.41. The molecule has 6 nitrogen and oxygen atoms in total. The van der Waals surface area contributed by atoms with E-state index in [2.05, 4.69) is 0 Å². The first-order valence-corrected chi connectivity index (χ1v) is 8.69. The van der Waals surface area contributed by atoms with Crippen molar-refractivity contribution in [3.63, 3.8) is 0 Å². The van der Waals surface area contributed by atoms with Gasteiger partial charge in [-0.25, -0.2) is 4.39 Å². The van der Waals surface area contributed by atoms with Crippen LogP contribution < -0.4 is 5.73 Å². The van der Waals surface area contributed by atoms with Crippen molar-refractivity contribution in [2.75, 3.05) is 39.4 Å². The second kappa shape index (κ2) is 7.27. The highest BCUT2D eigenvalue weighted by molar-refractivity contribution is 6.33. The summed E-state index contributed by atoms with van der Waals surface area (Å²) in [5.74, 6) is -0.824. The van der Waals surface area contributed by atoms with E-state index in [-0.39, 0.29) is 22.4 Å². The minimum atomic E-state index is -0.870. The van der Waals surface area contributed by atoms with Gasteiger partial charge in [0.1, 0.15) is 5.82 Å². The highest BCUT2D eigenvalue weighted by Crippen LogP contribution is 2.23. The second-order valence-corrected chi connectivity index (χ2v) is 6.88. The molecule has 2 aliphatic rings. The molecule has 3 rings (SSSR count). The summed E-state index contributed by atoms with van der Waals surface area (Å²) in [6.07, 6.45) is 1.02. The van der Waals surface area contributed by atoms with Crippen molar-refractivity contribution in [2.45, 2.75) is 18.4 Å². The van der Waals surface area contributed by atoms with Crippen molar-refractivity contribution < 1.29 is 18.7 Å². The fourth-order valence-electron chi connectivity index (χ4n) is 3.21. The van der Waals surface area contributed by atoms with Crippen molar-refractivity contribution in [3.8, 4) is 0 Å². The number of hydrogen-bond donors (Lipinski definition) is 1. The van der Waals surface area contributed by atoms with E-state index in [1.165, 1.54) is 12.1 Å². The van der Waals surface area contributed by atoms with Crippen LogP contribution in [0, 0.1) is 5.82 Å². The Morgan fingerprint density at radius 2 is 1.72 bits per heavy atom. The van der Waals surface area contributed by atoms with Gasteiger partial charge in [0.15, 0.2) is 0 Å². The average Bonchev–Trinajstić information content (AvgIpc) is 2.61. The van der Waals surface area contributed by atoms with Gasteiger partial charge >= 0.3 is 0 Å². The van der Waals surface area contributed by atoms with Gasteiger partial charge in [-0.1, -0.05) is 11.6 Å². The van der Waals surface area contributed by atoms with Crippen molar-refractivity contribution in [3.05, 3.63) is 34.6 Å². The van der Waals surface area contributed by atoms with Crippen LogP contribution in [0.25, 0.3) is 0 Å². The minimum Gasteiger partial charge on any atom is -0.381 e. The summed E-state index contributed by atoms with van der Waals surface area (Å²) in [7, 11) is 0. The van der Waals surface area contributed by atoms with Crippen molar-refractivity contribution in [2.24, 2.45) is 5.73 Å². The van der Waals surface area contributed by atoms with Gasteiger partial charge in [0.25, 0.3) is 5.91 Å². The van der Waals surface area contributed by atoms with E-state index in [4.69, 9.17) is 22.1 Å². The summed E-state index contributed by atoms with van der Waals surface area (Å²) in [5.41, 5.74) is 5.64. The van der Waals surface area contributed by atoms with E-state index in [9.17, 15) is 14.0 Å². The van der Waals surface area contributed by atoms with E-state index < -0.39 is 11.4 Å². The maximum atomic E-state index is 13.1. The van der Waals surface area contributed by atoms with Crippen LogP contribution in [-0.2, 0) is 9.53 Å². The van der Waals surface area contributed by atoms with Crippen LogP contribution in [0.5, 0.6) is 0 Å². The maximum Gasteiger partial charge on any atom is 0.255 e. The third-order valence-corrected chi connectivity index (χ3v) is 5.14. The number of halogens is 2. The van der Waals surface area contributed by atoms with Gasteiger partial charge in [-0.15, -0.1) is 0 Å². The molecule has 2 aliphatic heterocycles. The minimum absolute atomic E-state index is 0.0808. The van der Waals surface area contributed by atoms with E-state index in [0.717, 1.165) is 6.07 Å². The molecule has 136 valence electrons. The SMILES string of the molecule is NC1(C(=O)N2CCN(C(=O)c3ccc(F)cc3Cl)CC2)CCOCC1. The number of amides is 2. The van der Waals surface area contributed by atoms with E-state index >= 15 is 0 Å². The Balaban J connectivity index is 1.61. The summed E-state index contributed by atoms with van der Waals surface area (Å²) in [6.45, 7) is 2.61. The Kier molecular flexibility index (Phi) is 5.27. The smallest absolute Gasteiger partial charge is 0.255 e. The summed E-state index contributed by atoms with van der Waals surface area (Å²) in [4.78, 5) is 28.6. The molecule has 25 heavy (non-hydrogen) atoms. The molecule has 0 saturated carbocycles. The largest absolute Gasteiger partial charge is 0.381 e. The Bertz CT molecular complexity index is 671. The third-order valence-electron chi connectivity index (χ3n) is 4.83. The Morgan fingerprint density at radius 3 is 2.32 bits per heavy atom. The predicted octanol–water partition coefficient (Wildman–Crippen LogP) is 1.27. The Labute approximate surface area is 150 Å². The number of carbonyl (C=O) groups excluding carboxylic acids is 2. The van der Waals surface area contributed by atoms with E-state index in [1.54, 1.807) is 9.80 Å². The van der Waals surface area contributed by atoms with Crippen molar-refractivity contribution in [1.82, 2.24) is 9.80 Å². The van der Waals surface area contributed by atoms with E-state index in [1.807, 2.05) is 0 Å². The highest BCUT2D eigenvalue weighted by Gasteiger charge is 2.40. The zero-order valence-corrected chi connectivity index (χ0v) is 14.6. The van der Waals surface area contributed by atoms with Crippen LogP contribution in [0.4, 0.5) is 4.39 Å². The standard InChI is InChI=1S/C17H21ClFN3O3/c18-14-11-12(19)1-2-13(14)15(23)21-5-7-22(8-6-21)16(24)17(20)3-9-25-10-4-17/h1-2,11H,3-10,20H2. The molecule has 2 saturated heterocycles. The molecule has 2 fully saturated rings. The molecule has 2 heterocycles. The molecule has 0 unspecified atom stereocenters. The van der Waals surface area contributed by atoms with Crippen LogP contribution in [0.2, 0.25) is 5.02 Å². The van der Waals surface area contributed by atoms with Gasteiger partial charge in [0, 0.05) is 39.4 Å². The van der Waals surface area contributed by atoms with Crippen LogP contribution in [0.15, 0.2) is 18.2 Å². The molecule has 0 bridgehead atoms. The number of nitrogens with zero attached hydrogens (tertiary/aromatic N) is 2. The Morgan fingerprint density at radius 1 is 1.12 bits per heavy atom. The first-order chi connectivity index (χ1) is 11.9. The molecular weight excluding hydrogens is 349 g/mol. The quantitative estimate of drug-likeness (QED) is 0.851. The van der Waals surface area contributed by atoms with Crippen LogP contribution in [0.1, 0.15) is 23.2 Å². The van der Waals surface area contributed by atoms with Gasteiger partial charge in [-0.3, -0.25) is 9.59 Å². The molecule has 0 radical (unpaired) electrons. The zero-order valence-electron chi connectivity index (χ0n) is 13.8. The molecule has 0 aliphatic carbocycles. The maximum absolute atomic E-state index is 13.1. The van der Waals surface area contributed by atoms with E-state index in [0.29, 0.717) is 52.2 Å². The number of nitrogens with two attached hydrogens (primary N) is 1. The third kappa shape index (κ3) is 3.78. The number of hydrogen-bond acceptors (Lipinski definition) is 4. The lowest BCUT2D eigenvalue weighted by Crippen LogP contribution is -2.61. The number of rotatable bonds is 2. The summed E-state index contributed by atoms with van der Waals surface area (Å²) in [6, 6.07) is 3.72. The summed E-state index contributed by atoms with van der Waals surface area (Å²) >= 11 is 5.96. The average molecular weight is 370 g/mol. The lowest BCUT2D eigenvalue weighted by atomic mass is 9.89. The van der Waals surface area contributed by atoms with Gasteiger partial charge in [-0.05, 0) is 31.0 Å². The van der Waals surface area contributed by atoms with Gasteiger partial charge in [0.2, 0.25) is 5.91 Å². The van der Waals surface area contributed by atoms with Crippen LogP contribution >= 0.6 is 11.6 Å². The van der Waals surface area contributed by atoms with Crippen molar-refractivity contribution in [1.29, 1.82) is 0 Å². The van der Waals surface area contributed by atoms with Crippen LogP contribution in [0.3, 0.4) is 0 Å². The molecule has 8 heteroatoms.